The van der Waals surface area contributed by atoms with Crippen LogP contribution in [0.3, 0.4) is 0 Å². The van der Waals surface area contributed by atoms with Crippen molar-refractivity contribution in [3.63, 3.8) is 0 Å². The molecule has 140 valence electrons. The summed E-state index contributed by atoms with van der Waals surface area (Å²) in [5.41, 5.74) is 0.0974. The minimum Gasteiger partial charge on any atom is -0.453 e. The van der Waals surface area contributed by atoms with Crippen LogP contribution in [0.15, 0.2) is 36.7 Å². The molecule has 2 N–H and O–H groups in total. The summed E-state index contributed by atoms with van der Waals surface area (Å²) in [5.74, 6) is 1.28. The topological polar surface area (TPSA) is 97.8 Å². The Balaban J connectivity index is 1.60. The Morgan fingerprint density at radius 1 is 1.26 bits per heavy atom. The van der Waals surface area contributed by atoms with Crippen molar-refractivity contribution in [1.29, 1.82) is 0 Å². The monoisotopic (exact) mass is 374 g/mol. The number of H-pyrrole nitrogens is 1. The molecular weight excluding hydrogens is 358 g/mol. The van der Waals surface area contributed by atoms with Crippen LogP contribution in [-0.2, 0) is 4.74 Å². The molecule has 0 aromatic carbocycles. The van der Waals surface area contributed by atoms with Crippen LogP contribution in [0.2, 0.25) is 0 Å². The summed E-state index contributed by atoms with van der Waals surface area (Å²) in [5, 5.41) is 17.1. The van der Waals surface area contributed by atoms with Gasteiger partial charge in [0.2, 0.25) is 0 Å². The molecule has 0 spiro atoms. The standard InChI is InChI=1S/C17H16F2N6O2/c18-17(19)15-16(14(24-25-15)10-4-7-26-9-10)27-11-3-6-20-13(8-11)22-12-2-1-5-21-23-12/h1-3,5-6,8,10,17H,4,7,9H2,(H,24,25)(H,20,22,23). The number of anilines is 2. The maximum Gasteiger partial charge on any atom is 0.285 e. The van der Waals surface area contributed by atoms with Crippen LogP contribution in [0, 0.1) is 0 Å². The third kappa shape index (κ3) is 3.85. The van der Waals surface area contributed by atoms with Crippen molar-refractivity contribution in [1.82, 2.24) is 25.4 Å². The second-order valence-corrected chi connectivity index (χ2v) is 5.93. The van der Waals surface area contributed by atoms with Crippen LogP contribution in [0.1, 0.15) is 30.2 Å². The van der Waals surface area contributed by atoms with Crippen LogP contribution in [0.5, 0.6) is 11.5 Å². The zero-order valence-corrected chi connectivity index (χ0v) is 14.1. The number of aromatic amines is 1. The quantitative estimate of drug-likeness (QED) is 0.681. The van der Waals surface area contributed by atoms with E-state index in [1.807, 2.05) is 0 Å². The molecule has 1 fully saturated rings. The summed E-state index contributed by atoms with van der Waals surface area (Å²) >= 11 is 0. The lowest BCUT2D eigenvalue weighted by Gasteiger charge is -2.12. The van der Waals surface area contributed by atoms with E-state index >= 15 is 0 Å². The summed E-state index contributed by atoms with van der Waals surface area (Å²) in [7, 11) is 0. The number of alkyl halides is 2. The molecule has 0 bridgehead atoms. The van der Waals surface area contributed by atoms with E-state index in [1.54, 1.807) is 30.5 Å². The zero-order chi connectivity index (χ0) is 18.6. The number of rotatable bonds is 6. The lowest BCUT2D eigenvalue weighted by atomic mass is 10.0. The molecule has 0 aliphatic carbocycles. The summed E-state index contributed by atoms with van der Waals surface area (Å²) in [6.07, 6.45) is 1.02. The van der Waals surface area contributed by atoms with Gasteiger partial charge >= 0.3 is 0 Å². The fraction of sp³-hybridized carbons (Fsp3) is 0.294. The van der Waals surface area contributed by atoms with Gasteiger partial charge in [-0.2, -0.15) is 10.2 Å². The molecule has 3 aromatic heterocycles. The second kappa shape index (κ2) is 7.62. The van der Waals surface area contributed by atoms with E-state index in [-0.39, 0.29) is 11.7 Å². The van der Waals surface area contributed by atoms with Gasteiger partial charge in [-0.1, -0.05) is 0 Å². The number of ether oxygens (including phenoxy) is 2. The summed E-state index contributed by atoms with van der Waals surface area (Å²) < 4.78 is 37.9. The Bertz CT molecular complexity index is 899. The van der Waals surface area contributed by atoms with E-state index in [1.165, 1.54) is 6.20 Å². The Labute approximate surface area is 152 Å². The molecule has 1 aliphatic rings. The first-order valence-electron chi connectivity index (χ1n) is 8.33. The number of nitrogens with zero attached hydrogens (tertiary/aromatic N) is 4. The van der Waals surface area contributed by atoms with E-state index in [0.29, 0.717) is 36.3 Å². The summed E-state index contributed by atoms with van der Waals surface area (Å²) in [4.78, 5) is 4.17. The average Bonchev–Trinajstić information content (AvgIpc) is 3.32. The van der Waals surface area contributed by atoms with Crippen molar-refractivity contribution >= 4 is 11.6 Å². The molecule has 10 heteroatoms. The predicted molar refractivity (Wildman–Crippen MR) is 91.3 cm³/mol. The van der Waals surface area contributed by atoms with Crippen LogP contribution in [0.4, 0.5) is 20.4 Å². The van der Waals surface area contributed by atoms with Gasteiger partial charge in [0.25, 0.3) is 6.43 Å². The smallest absolute Gasteiger partial charge is 0.285 e. The molecule has 0 amide bonds. The lowest BCUT2D eigenvalue weighted by Crippen LogP contribution is -2.02. The molecule has 1 unspecified atom stereocenters. The van der Waals surface area contributed by atoms with E-state index in [0.717, 1.165) is 6.42 Å². The number of halogens is 2. The number of pyridine rings is 1. The van der Waals surface area contributed by atoms with Gasteiger partial charge in [-0.25, -0.2) is 13.8 Å². The third-order valence-electron chi connectivity index (χ3n) is 4.10. The largest absolute Gasteiger partial charge is 0.453 e. The zero-order valence-electron chi connectivity index (χ0n) is 14.1. The maximum atomic E-state index is 13.4. The van der Waals surface area contributed by atoms with Gasteiger partial charge in [0.05, 0.1) is 12.3 Å². The van der Waals surface area contributed by atoms with Crippen LogP contribution in [-0.4, -0.2) is 38.6 Å². The Morgan fingerprint density at radius 3 is 2.93 bits per heavy atom. The second-order valence-electron chi connectivity index (χ2n) is 5.93. The van der Waals surface area contributed by atoms with Crippen molar-refractivity contribution in [3.8, 4) is 11.5 Å². The van der Waals surface area contributed by atoms with Gasteiger partial charge in [0.15, 0.2) is 17.3 Å². The highest BCUT2D eigenvalue weighted by molar-refractivity contribution is 5.53. The highest BCUT2D eigenvalue weighted by Gasteiger charge is 2.29. The summed E-state index contributed by atoms with van der Waals surface area (Å²) in [6.45, 7) is 1.02. The maximum absolute atomic E-state index is 13.4. The van der Waals surface area contributed by atoms with Gasteiger partial charge in [-0.15, -0.1) is 5.10 Å². The van der Waals surface area contributed by atoms with Crippen LogP contribution in [0.25, 0.3) is 0 Å². The van der Waals surface area contributed by atoms with Crippen molar-refractivity contribution in [2.75, 3.05) is 18.5 Å². The fourth-order valence-corrected chi connectivity index (χ4v) is 2.81. The molecule has 1 saturated heterocycles. The molecular formula is C17H16F2N6O2. The van der Waals surface area contributed by atoms with Crippen molar-refractivity contribution in [2.24, 2.45) is 0 Å². The predicted octanol–water partition coefficient (Wildman–Crippen LogP) is 3.57. The molecule has 8 nitrogen and oxygen atoms in total. The molecule has 3 aromatic rings. The number of hydrogen-bond acceptors (Lipinski definition) is 7. The normalized spacial score (nSPS) is 16.6. The van der Waals surface area contributed by atoms with E-state index < -0.39 is 12.1 Å². The lowest BCUT2D eigenvalue weighted by molar-refractivity contribution is 0.142. The molecule has 27 heavy (non-hydrogen) atoms. The number of nitrogens with one attached hydrogen (secondary N) is 2. The van der Waals surface area contributed by atoms with Crippen molar-refractivity contribution < 1.29 is 18.3 Å². The SMILES string of the molecule is FC(F)c1n[nH]c(C2CCOC2)c1Oc1ccnc(Nc2cccnn2)c1. The van der Waals surface area contributed by atoms with Gasteiger partial charge in [0.1, 0.15) is 11.6 Å². The average molecular weight is 374 g/mol. The Hall–Kier alpha value is -3.14. The van der Waals surface area contributed by atoms with E-state index in [2.05, 4.69) is 30.7 Å². The van der Waals surface area contributed by atoms with Gasteiger partial charge in [-0.05, 0) is 24.6 Å². The highest BCUT2D eigenvalue weighted by atomic mass is 19.3. The third-order valence-corrected chi connectivity index (χ3v) is 4.10. The minimum absolute atomic E-state index is 0.0390. The molecule has 0 radical (unpaired) electrons. The van der Waals surface area contributed by atoms with E-state index in [9.17, 15) is 8.78 Å². The molecule has 1 atom stereocenters. The number of hydrogen-bond donors (Lipinski definition) is 2. The van der Waals surface area contributed by atoms with Crippen molar-refractivity contribution in [2.45, 2.75) is 18.8 Å². The first-order chi connectivity index (χ1) is 13.2. The van der Waals surface area contributed by atoms with Gasteiger partial charge in [-0.3, -0.25) is 5.10 Å². The van der Waals surface area contributed by atoms with Gasteiger partial charge < -0.3 is 14.8 Å². The van der Waals surface area contributed by atoms with Crippen molar-refractivity contribution in [3.05, 3.63) is 48.0 Å². The Kier molecular flexibility index (Phi) is 4.88. The van der Waals surface area contributed by atoms with E-state index in [4.69, 9.17) is 9.47 Å². The first kappa shape index (κ1) is 17.3. The van der Waals surface area contributed by atoms with Gasteiger partial charge in [0, 0.05) is 31.0 Å². The Morgan fingerprint density at radius 2 is 2.19 bits per heavy atom. The summed E-state index contributed by atoms with van der Waals surface area (Å²) in [6, 6.07) is 6.63. The molecule has 1 aliphatic heterocycles. The number of aromatic nitrogens is 5. The van der Waals surface area contributed by atoms with Crippen LogP contribution < -0.4 is 10.1 Å². The molecule has 0 saturated carbocycles. The molecule has 4 heterocycles. The van der Waals surface area contributed by atoms with Crippen LogP contribution >= 0.6 is 0 Å². The fourth-order valence-electron chi connectivity index (χ4n) is 2.81. The molecule has 4 rings (SSSR count). The minimum atomic E-state index is -2.76. The highest BCUT2D eigenvalue weighted by Crippen LogP contribution is 2.39. The first-order valence-corrected chi connectivity index (χ1v) is 8.33.